The number of hydrogen-bond acceptors (Lipinski definition) is 3. The molecule has 2 N–H and O–H groups in total. The van der Waals surface area contributed by atoms with Gasteiger partial charge in [0.05, 0.1) is 12.2 Å². The Bertz CT molecular complexity index is 754. The molecule has 0 atom stereocenters. The molecule has 1 heterocycles. The number of anilines is 2. The molecule has 0 aliphatic carbocycles. The van der Waals surface area contributed by atoms with Gasteiger partial charge in [0.1, 0.15) is 11.6 Å². The minimum absolute atomic E-state index is 0.0880. The van der Waals surface area contributed by atoms with Crippen molar-refractivity contribution in [3.63, 3.8) is 0 Å². The minimum Gasteiger partial charge on any atom is -0.475 e. The monoisotopic (exact) mass is 328 g/mol. The van der Waals surface area contributed by atoms with Crippen LogP contribution in [0.2, 0.25) is 0 Å². The lowest BCUT2D eigenvalue weighted by Crippen LogP contribution is -2.55. The van der Waals surface area contributed by atoms with Crippen LogP contribution in [0.5, 0.6) is 5.75 Å². The summed E-state index contributed by atoms with van der Waals surface area (Å²) in [7, 11) is 0. The fourth-order valence-corrected chi connectivity index (χ4v) is 3.07. The third kappa shape index (κ3) is 2.70. The number of carbonyl (C=O) groups excluding carboxylic acids is 1. The van der Waals surface area contributed by atoms with Crippen molar-refractivity contribution in [1.82, 2.24) is 0 Å². The molecule has 2 aromatic rings. The maximum absolute atomic E-state index is 13.1. The summed E-state index contributed by atoms with van der Waals surface area (Å²) in [6.07, 6.45) is 1.15. The van der Waals surface area contributed by atoms with Crippen LogP contribution in [0.15, 0.2) is 42.5 Å². The van der Waals surface area contributed by atoms with E-state index in [0.29, 0.717) is 36.5 Å². The molecule has 0 radical (unpaired) electrons. The van der Waals surface area contributed by atoms with E-state index >= 15 is 0 Å². The van der Waals surface area contributed by atoms with E-state index in [9.17, 15) is 9.18 Å². The highest BCUT2D eigenvalue weighted by Crippen LogP contribution is 2.42. The number of nitrogens with zero attached hydrogens (tertiary/aromatic N) is 1. The van der Waals surface area contributed by atoms with E-state index in [1.54, 1.807) is 35.2 Å². The van der Waals surface area contributed by atoms with Crippen molar-refractivity contribution in [3.05, 3.63) is 53.8 Å². The summed E-state index contributed by atoms with van der Waals surface area (Å²) in [6.45, 7) is 4.24. The highest BCUT2D eigenvalue weighted by Gasteiger charge is 2.45. The molecular formula is C19H21FN2O2. The largest absolute Gasteiger partial charge is 0.475 e. The van der Waals surface area contributed by atoms with Crippen LogP contribution in [0.1, 0.15) is 32.3 Å². The Balaban J connectivity index is 2.05. The molecule has 0 spiro atoms. The normalized spacial score (nSPS) is 15.8. The summed E-state index contributed by atoms with van der Waals surface area (Å²) in [5.74, 6) is 0.262. The van der Waals surface area contributed by atoms with Crippen LogP contribution in [0.25, 0.3) is 0 Å². The summed E-state index contributed by atoms with van der Waals surface area (Å²) < 4.78 is 19.2. The number of carbonyl (C=O) groups is 1. The Kier molecular flexibility index (Phi) is 4.18. The van der Waals surface area contributed by atoms with Gasteiger partial charge in [-0.1, -0.05) is 26.0 Å². The van der Waals surface area contributed by atoms with E-state index < -0.39 is 5.60 Å². The molecule has 1 aliphatic heterocycles. The molecule has 0 saturated carbocycles. The van der Waals surface area contributed by atoms with Crippen LogP contribution in [0.4, 0.5) is 15.8 Å². The zero-order chi connectivity index (χ0) is 17.3. The van der Waals surface area contributed by atoms with Crippen LogP contribution in [0.3, 0.4) is 0 Å². The van der Waals surface area contributed by atoms with Crippen LogP contribution < -0.4 is 15.4 Å². The predicted molar refractivity (Wildman–Crippen MR) is 92.4 cm³/mol. The molecule has 0 unspecified atom stereocenters. The van der Waals surface area contributed by atoms with Gasteiger partial charge in [-0.3, -0.25) is 4.79 Å². The van der Waals surface area contributed by atoms with Gasteiger partial charge >= 0.3 is 0 Å². The average Bonchev–Trinajstić information content (AvgIpc) is 2.59. The lowest BCUT2D eigenvalue weighted by molar-refractivity contribution is -0.136. The standard InChI is InChI=1S/C19H21FN2O2/c1-3-19(4-2)18(23)22(12-13-5-7-14(20)8-6-13)16-11-15(21)9-10-17(16)24-19/h5-11H,3-4,12,21H2,1-2H3. The fraction of sp³-hybridized carbons (Fsp3) is 0.316. The van der Waals surface area contributed by atoms with Crippen LogP contribution >= 0.6 is 0 Å². The Morgan fingerprint density at radius 2 is 1.79 bits per heavy atom. The van der Waals surface area contributed by atoms with E-state index in [2.05, 4.69) is 0 Å². The SMILES string of the molecule is CCC1(CC)Oc2ccc(N)cc2N(Cc2ccc(F)cc2)C1=O. The molecule has 0 saturated heterocycles. The highest BCUT2D eigenvalue weighted by atomic mass is 19.1. The zero-order valence-electron chi connectivity index (χ0n) is 13.9. The number of fused-ring (bicyclic) bond motifs is 1. The first-order valence-electron chi connectivity index (χ1n) is 8.14. The maximum Gasteiger partial charge on any atom is 0.271 e. The number of ether oxygens (including phenoxy) is 1. The van der Waals surface area contributed by atoms with Crippen LogP contribution in [0, 0.1) is 5.82 Å². The van der Waals surface area contributed by atoms with E-state index in [1.165, 1.54) is 12.1 Å². The van der Waals surface area contributed by atoms with Gasteiger partial charge in [0.15, 0.2) is 5.60 Å². The second-order valence-electron chi connectivity index (χ2n) is 6.05. The molecule has 24 heavy (non-hydrogen) atoms. The molecule has 4 nitrogen and oxygen atoms in total. The van der Waals surface area contributed by atoms with Crippen LogP contribution in [-0.4, -0.2) is 11.5 Å². The van der Waals surface area contributed by atoms with E-state index in [1.807, 2.05) is 13.8 Å². The lowest BCUT2D eigenvalue weighted by Gasteiger charge is -2.42. The summed E-state index contributed by atoms with van der Waals surface area (Å²) >= 11 is 0. The molecule has 1 aliphatic rings. The van der Waals surface area contributed by atoms with Gasteiger partial charge in [-0.2, -0.15) is 0 Å². The molecule has 1 amide bonds. The first kappa shape index (κ1) is 16.3. The first-order chi connectivity index (χ1) is 11.5. The molecule has 126 valence electrons. The van der Waals surface area contributed by atoms with Crippen molar-refractivity contribution >= 4 is 17.3 Å². The maximum atomic E-state index is 13.1. The minimum atomic E-state index is -0.872. The Morgan fingerprint density at radius 1 is 1.12 bits per heavy atom. The summed E-state index contributed by atoms with van der Waals surface area (Å²) in [6, 6.07) is 11.5. The van der Waals surface area contributed by atoms with Gasteiger partial charge in [0.2, 0.25) is 0 Å². The summed E-state index contributed by atoms with van der Waals surface area (Å²) in [4.78, 5) is 14.8. The number of rotatable bonds is 4. The van der Waals surface area contributed by atoms with Gasteiger partial charge in [-0.25, -0.2) is 4.39 Å². The van der Waals surface area contributed by atoms with Crippen molar-refractivity contribution in [3.8, 4) is 5.75 Å². The second kappa shape index (κ2) is 6.15. The Morgan fingerprint density at radius 3 is 2.42 bits per heavy atom. The molecular weight excluding hydrogens is 307 g/mol. The number of amides is 1. The van der Waals surface area contributed by atoms with Crippen molar-refractivity contribution in [2.45, 2.75) is 38.8 Å². The molecule has 0 fully saturated rings. The topological polar surface area (TPSA) is 55.6 Å². The Labute approximate surface area is 141 Å². The van der Waals surface area contributed by atoms with Gasteiger partial charge in [-0.05, 0) is 48.7 Å². The number of hydrogen-bond donors (Lipinski definition) is 1. The van der Waals surface area contributed by atoms with Gasteiger partial charge in [-0.15, -0.1) is 0 Å². The number of nitrogen functional groups attached to an aromatic ring is 1. The molecule has 3 rings (SSSR count). The number of benzene rings is 2. The van der Waals surface area contributed by atoms with Gasteiger partial charge in [0.25, 0.3) is 5.91 Å². The smallest absolute Gasteiger partial charge is 0.271 e. The third-order valence-corrected chi connectivity index (χ3v) is 4.61. The Hall–Kier alpha value is -2.56. The summed E-state index contributed by atoms with van der Waals surface area (Å²) in [5, 5.41) is 0. The van der Waals surface area contributed by atoms with Gasteiger partial charge in [0, 0.05) is 5.69 Å². The molecule has 5 heteroatoms. The summed E-state index contributed by atoms with van der Waals surface area (Å²) in [5.41, 5.74) is 7.09. The number of halogens is 1. The average molecular weight is 328 g/mol. The molecule has 0 bridgehead atoms. The molecule has 2 aromatic carbocycles. The number of nitrogens with two attached hydrogens (primary N) is 1. The van der Waals surface area contributed by atoms with Crippen molar-refractivity contribution < 1.29 is 13.9 Å². The van der Waals surface area contributed by atoms with Crippen molar-refractivity contribution in [2.24, 2.45) is 0 Å². The first-order valence-corrected chi connectivity index (χ1v) is 8.14. The highest BCUT2D eigenvalue weighted by molar-refractivity contribution is 6.03. The van der Waals surface area contributed by atoms with E-state index in [4.69, 9.17) is 10.5 Å². The fourth-order valence-electron chi connectivity index (χ4n) is 3.07. The predicted octanol–water partition coefficient (Wildman–Crippen LogP) is 3.89. The lowest BCUT2D eigenvalue weighted by atomic mass is 9.92. The van der Waals surface area contributed by atoms with E-state index in [-0.39, 0.29) is 11.7 Å². The quantitative estimate of drug-likeness (QED) is 0.866. The third-order valence-electron chi connectivity index (χ3n) is 4.61. The zero-order valence-corrected chi connectivity index (χ0v) is 13.9. The van der Waals surface area contributed by atoms with Crippen molar-refractivity contribution in [2.75, 3.05) is 10.6 Å². The van der Waals surface area contributed by atoms with Crippen molar-refractivity contribution in [1.29, 1.82) is 0 Å². The van der Waals surface area contributed by atoms with E-state index in [0.717, 1.165) is 5.56 Å². The second-order valence-corrected chi connectivity index (χ2v) is 6.05. The van der Waals surface area contributed by atoms with Crippen LogP contribution in [-0.2, 0) is 11.3 Å². The van der Waals surface area contributed by atoms with Gasteiger partial charge < -0.3 is 15.4 Å². The molecule has 0 aromatic heterocycles.